The van der Waals surface area contributed by atoms with Gasteiger partial charge < -0.3 is 14.6 Å². The van der Waals surface area contributed by atoms with Crippen LogP contribution in [0.2, 0.25) is 5.02 Å². The Morgan fingerprint density at radius 2 is 2.08 bits per heavy atom. The van der Waals surface area contributed by atoms with Crippen molar-refractivity contribution >= 4 is 29.3 Å². The van der Waals surface area contributed by atoms with Gasteiger partial charge in [0.25, 0.3) is 0 Å². The SMILES string of the molecule is CCC[C@H](C)NC(=O)CSc1nnc(COc2ccc(Cl)cc2)n1C. The maximum Gasteiger partial charge on any atom is 0.230 e. The molecule has 1 aromatic carbocycles. The van der Waals surface area contributed by atoms with Crippen LogP contribution in [0, 0.1) is 0 Å². The molecule has 0 saturated heterocycles. The van der Waals surface area contributed by atoms with Crippen LogP contribution in [-0.4, -0.2) is 32.5 Å². The van der Waals surface area contributed by atoms with Crippen LogP contribution in [0.1, 0.15) is 32.5 Å². The molecule has 0 bridgehead atoms. The van der Waals surface area contributed by atoms with Crippen molar-refractivity contribution in [3.63, 3.8) is 0 Å². The molecule has 0 aliphatic rings. The smallest absolute Gasteiger partial charge is 0.230 e. The first-order valence-electron chi connectivity index (χ1n) is 8.18. The zero-order valence-electron chi connectivity index (χ0n) is 14.7. The Balaban J connectivity index is 1.83. The molecule has 0 saturated carbocycles. The molecule has 0 radical (unpaired) electrons. The van der Waals surface area contributed by atoms with E-state index in [0.717, 1.165) is 12.8 Å². The number of amides is 1. The van der Waals surface area contributed by atoms with E-state index in [2.05, 4.69) is 22.4 Å². The van der Waals surface area contributed by atoms with Gasteiger partial charge >= 0.3 is 0 Å². The second-order valence-electron chi connectivity index (χ2n) is 5.75. The largest absolute Gasteiger partial charge is 0.486 e. The first-order valence-corrected chi connectivity index (χ1v) is 9.54. The van der Waals surface area contributed by atoms with Crippen molar-refractivity contribution in [2.75, 3.05) is 5.75 Å². The minimum Gasteiger partial charge on any atom is -0.486 e. The molecule has 2 aromatic rings. The summed E-state index contributed by atoms with van der Waals surface area (Å²) in [6, 6.07) is 7.34. The number of rotatable bonds is 9. The molecule has 2 rings (SSSR count). The van der Waals surface area contributed by atoms with E-state index < -0.39 is 0 Å². The van der Waals surface area contributed by atoms with Crippen LogP contribution < -0.4 is 10.1 Å². The Morgan fingerprint density at radius 1 is 1.36 bits per heavy atom. The van der Waals surface area contributed by atoms with Crippen molar-refractivity contribution in [2.45, 2.75) is 44.5 Å². The molecule has 1 amide bonds. The van der Waals surface area contributed by atoms with Crippen molar-refractivity contribution in [3.8, 4) is 5.75 Å². The summed E-state index contributed by atoms with van der Waals surface area (Å²) in [5.41, 5.74) is 0. The fourth-order valence-electron chi connectivity index (χ4n) is 2.23. The summed E-state index contributed by atoms with van der Waals surface area (Å²) in [5, 5.41) is 12.6. The summed E-state index contributed by atoms with van der Waals surface area (Å²) in [5.74, 6) is 1.73. The van der Waals surface area contributed by atoms with E-state index in [0.29, 0.717) is 34.1 Å². The number of nitrogens with one attached hydrogen (secondary N) is 1. The summed E-state index contributed by atoms with van der Waals surface area (Å²) in [6.07, 6.45) is 2.03. The van der Waals surface area contributed by atoms with Crippen molar-refractivity contribution in [3.05, 3.63) is 35.1 Å². The third-order valence-corrected chi connectivity index (χ3v) is 4.84. The second kappa shape index (κ2) is 9.68. The Hall–Kier alpha value is -1.73. The fourth-order valence-corrected chi connectivity index (χ4v) is 3.09. The van der Waals surface area contributed by atoms with Gasteiger partial charge in [0.1, 0.15) is 12.4 Å². The monoisotopic (exact) mass is 382 g/mol. The molecule has 0 spiro atoms. The van der Waals surface area contributed by atoms with Crippen LogP contribution in [-0.2, 0) is 18.4 Å². The highest BCUT2D eigenvalue weighted by Crippen LogP contribution is 2.19. The van der Waals surface area contributed by atoms with Gasteiger partial charge in [-0.1, -0.05) is 36.7 Å². The van der Waals surface area contributed by atoms with Crippen LogP contribution >= 0.6 is 23.4 Å². The van der Waals surface area contributed by atoms with E-state index in [1.54, 1.807) is 24.3 Å². The van der Waals surface area contributed by atoms with E-state index in [9.17, 15) is 4.79 Å². The van der Waals surface area contributed by atoms with E-state index >= 15 is 0 Å². The number of halogens is 1. The molecular formula is C17H23ClN4O2S. The van der Waals surface area contributed by atoms with Gasteiger partial charge in [0.05, 0.1) is 5.75 Å². The zero-order valence-corrected chi connectivity index (χ0v) is 16.2. The highest BCUT2D eigenvalue weighted by atomic mass is 35.5. The summed E-state index contributed by atoms with van der Waals surface area (Å²) >= 11 is 7.21. The standard InChI is InChI=1S/C17H23ClN4O2S/c1-4-5-12(2)19-16(23)11-25-17-21-20-15(22(17)3)10-24-14-8-6-13(18)7-9-14/h6-9,12H,4-5,10-11H2,1-3H3,(H,19,23)/t12-/m0/s1. The van der Waals surface area contributed by atoms with Gasteiger partial charge in [0, 0.05) is 18.1 Å². The summed E-state index contributed by atoms with van der Waals surface area (Å²) in [4.78, 5) is 11.9. The van der Waals surface area contributed by atoms with Gasteiger partial charge in [-0.25, -0.2) is 0 Å². The lowest BCUT2D eigenvalue weighted by molar-refractivity contribution is -0.119. The number of nitrogens with zero attached hydrogens (tertiary/aromatic N) is 3. The lowest BCUT2D eigenvalue weighted by atomic mass is 10.2. The Kier molecular flexibility index (Phi) is 7.58. The van der Waals surface area contributed by atoms with E-state index in [4.69, 9.17) is 16.3 Å². The quantitative estimate of drug-likeness (QED) is 0.673. The fraction of sp³-hybridized carbons (Fsp3) is 0.471. The first kappa shape index (κ1) is 19.6. The first-order chi connectivity index (χ1) is 12.0. The van der Waals surface area contributed by atoms with Crippen molar-refractivity contribution < 1.29 is 9.53 Å². The number of aromatic nitrogens is 3. The third-order valence-electron chi connectivity index (χ3n) is 3.57. The number of hydrogen-bond acceptors (Lipinski definition) is 5. The van der Waals surface area contributed by atoms with Crippen LogP contribution in [0.15, 0.2) is 29.4 Å². The van der Waals surface area contributed by atoms with E-state index in [1.165, 1.54) is 11.8 Å². The summed E-state index contributed by atoms with van der Waals surface area (Å²) in [6.45, 7) is 4.41. The van der Waals surface area contributed by atoms with Gasteiger partial charge in [-0.3, -0.25) is 4.79 Å². The molecule has 25 heavy (non-hydrogen) atoms. The van der Waals surface area contributed by atoms with Crippen molar-refractivity contribution in [1.82, 2.24) is 20.1 Å². The summed E-state index contributed by atoms with van der Waals surface area (Å²) in [7, 11) is 1.86. The molecule has 8 heteroatoms. The number of carbonyl (C=O) groups is 1. The second-order valence-corrected chi connectivity index (χ2v) is 7.13. The van der Waals surface area contributed by atoms with Crippen LogP contribution in [0.25, 0.3) is 0 Å². The molecule has 136 valence electrons. The predicted octanol–water partition coefficient (Wildman–Crippen LogP) is 3.44. The van der Waals surface area contributed by atoms with Crippen LogP contribution in [0.3, 0.4) is 0 Å². The average Bonchev–Trinajstić information content (AvgIpc) is 2.93. The van der Waals surface area contributed by atoms with Gasteiger partial charge in [-0.05, 0) is 37.6 Å². The summed E-state index contributed by atoms with van der Waals surface area (Å²) < 4.78 is 7.51. The van der Waals surface area contributed by atoms with E-state index in [1.807, 2.05) is 18.5 Å². The minimum atomic E-state index is 0.00733. The maximum absolute atomic E-state index is 11.9. The normalized spacial score (nSPS) is 12.0. The maximum atomic E-state index is 11.9. The van der Waals surface area contributed by atoms with Gasteiger partial charge in [-0.2, -0.15) is 0 Å². The van der Waals surface area contributed by atoms with Gasteiger partial charge in [0.15, 0.2) is 11.0 Å². The molecule has 0 fully saturated rings. The van der Waals surface area contributed by atoms with Crippen molar-refractivity contribution in [2.24, 2.45) is 7.05 Å². The molecule has 1 atom stereocenters. The minimum absolute atomic E-state index is 0.00733. The lowest BCUT2D eigenvalue weighted by Crippen LogP contribution is -2.33. The van der Waals surface area contributed by atoms with Crippen LogP contribution in [0.5, 0.6) is 5.75 Å². The average molecular weight is 383 g/mol. The number of carbonyl (C=O) groups excluding carboxylic acids is 1. The number of benzene rings is 1. The zero-order chi connectivity index (χ0) is 18.2. The highest BCUT2D eigenvalue weighted by molar-refractivity contribution is 7.99. The molecule has 0 aliphatic heterocycles. The number of hydrogen-bond donors (Lipinski definition) is 1. The van der Waals surface area contributed by atoms with Crippen molar-refractivity contribution in [1.29, 1.82) is 0 Å². The third kappa shape index (κ3) is 6.25. The molecule has 0 aliphatic carbocycles. The number of thioether (sulfide) groups is 1. The van der Waals surface area contributed by atoms with Crippen LogP contribution in [0.4, 0.5) is 0 Å². The Bertz CT molecular complexity index is 690. The lowest BCUT2D eigenvalue weighted by Gasteiger charge is -2.12. The highest BCUT2D eigenvalue weighted by Gasteiger charge is 2.13. The van der Waals surface area contributed by atoms with Gasteiger partial charge in [-0.15, -0.1) is 10.2 Å². The molecule has 6 nitrogen and oxygen atoms in total. The van der Waals surface area contributed by atoms with E-state index in [-0.39, 0.29) is 11.9 Å². The molecule has 1 aromatic heterocycles. The molecule has 0 unspecified atom stereocenters. The molecular weight excluding hydrogens is 360 g/mol. The number of ether oxygens (including phenoxy) is 1. The predicted molar refractivity (Wildman–Crippen MR) is 100 cm³/mol. The topological polar surface area (TPSA) is 69.0 Å². The van der Waals surface area contributed by atoms with Gasteiger partial charge in [0.2, 0.25) is 5.91 Å². The molecule has 1 heterocycles. The Morgan fingerprint density at radius 3 is 2.76 bits per heavy atom. The molecule has 1 N–H and O–H groups in total. The Labute approximate surface area is 157 Å².